The van der Waals surface area contributed by atoms with E-state index in [1.54, 1.807) is 24.3 Å². The number of anilines is 2. The normalized spacial score (nSPS) is 10.7. The maximum atomic E-state index is 12.5. The molecule has 1 heterocycles. The second-order valence-electron chi connectivity index (χ2n) is 7.35. The summed E-state index contributed by atoms with van der Waals surface area (Å²) < 4.78 is 0. The molecule has 0 aliphatic heterocycles. The summed E-state index contributed by atoms with van der Waals surface area (Å²) in [5.74, 6) is -0.155. The number of hydrogen-bond donors (Lipinski definition) is 2. The van der Waals surface area contributed by atoms with Crippen molar-refractivity contribution in [3.8, 4) is 11.3 Å². The number of hydrogen-bond acceptors (Lipinski definition) is 5. The lowest BCUT2D eigenvalue weighted by Crippen LogP contribution is -2.14. The topological polar surface area (TPSA) is 71.1 Å². The van der Waals surface area contributed by atoms with Gasteiger partial charge in [0.15, 0.2) is 5.13 Å². The van der Waals surface area contributed by atoms with E-state index in [4.69, 9.17) is 23.2 Å². The number of aryl methyl sites for hydroxylation is 1. The number of rotatable bonds is 7. The van der Waals surface area contributed by atoms with E-state index in [-0.39, 0.29) is 17.6 Å². The molecule has 0 bridgehead atoms. The number of carbonyl (C=O) groups is 2. The first-order valence-electron chi connectivity index (χ1n) is 10.2. The standard InChI is InChI=1S/C25H19Cl2N3O2S2/c1-15-4-2-5-16(10-15)24(32)28-18-6-3-7-19(12-18)33-14-23(31)30-25-29-22(13-34-25)20-9-8-17(26)11-21(20)27/h2-13H,14H2,1H3,(H,28,32)(H,29,30,31). The van der Waals surface area contributed by atoms with E-state index in [2.05, 4.69) is 15.6 Å². The van der Waals surface area contributed by atoms with Gasteiger partial charge in [0.2, 0.25) is 5.91 Å². The molecular formula is C25H19Cl2N3O2S2. The van der Waals surface area contributed by atoms with Crippen LogP contribution in [0.25, 0.3) is 11.3 Å². The van der Waals surface area contributed by atoms with E-state index in [9.17, 15) is 9.59 Å². The van der Waals surface area contributed by atoms with Crippen LogP contribution in [-0.2, 0) is 4.79 Å². The quantitative estimate of drug-likeness (QED) is 0.245. The third-order valence-electron chi connectivity index (χ3n) is 4.70. The van der Waals surface area contributed by atoms with Crippen molar-refractivity contribution in [1.29, 1.82) is 0 Å². The zero-order valence-corrected chi connectivity index (χ0v) is 21.1. The first-order valence-corrected chi connectivity index (χ1v) is 12.8. The molecule has 0 saturated carbocycles. The molecule has 0 spiro atoms. The highest BCUT2D eigenvalue weighted by Gasteiger charge is 2.12. The van der Waals surface area contributed by atoms with Gasteiger partial charge in [0.05, 0.1) is 16.5 Å². The first-order chi connectivity index (χ1) is 16.4. The molecule has 2 N–H and O–H groups in total. The van der Waals surface area contributed by atoms with E-state index in [1.807, 2.05) is 54.8 Å². The van der Waals surface area contributed by atoms with Crippen molar-refractivity contribution >= 4 is 68.9 Å². The zero-order chi connectivity index (χ0) is 24.1. The summed E-state index contributed by atoms with van der Waals surface area (Å²) in [5.41, 5.74) is 3.71. The Labute approximate surface area is 215 Å². The van der Waals surface area contributed by atoms with Crippen LogP contribution in [0.3, 0.4) is 0 Å². The average Bonchev–Trinajstić information content (AvgIpc) is 3.26. The molecular weight excluding hydrogens is 509 g/mol. The number of amides is 2. The van der Waals surface area contributed by atoms with Gasteiger partial charge in [-0.25, -0.2) is 4.98 Å². The van der Waals surface area contributed by atoms with Crippen LogP contribution in [-0.4, -0.2) is 22.6 Å². The van der Waals surface area contributed by atoms with Gasteiger partial charge in [-0.05, 0) is 55.5 Å². The minimum Gasteiger partial charge on any atom is -0.322 e. The largest absolute Gasteiger partial charge is 0.322 e. The number of thiazole rings is 1. The molecule has 172 valence electrons. The molecule has 0 saturated heterocycles. The van der Waals surface area contributed by atoms with Crippen molar-refractivity contribution in [3.05, 3.63) is 93.3 Å². The molecule has 9 heteroatoms. The summed E-state index contributed by atoms with van der Waals surface area (Å²) in [6.45, 7) is 1.94. The second-order valence-corrected chi connectivity index (χ2v) is 10.1. The van der Waals surface area contributed by atoms with Gasteiger partial charge in [-0.15, -0.1) is 23.1 Å². The number of benzene rings is 3. The van der Waals surface area contributed by atoms with Gasteiger partial charge in [0.1, 0.15) is 0 Å². The average molecular weight is 528 g/mol. The molecule has 4 rings (SSSR count). The van der Waals surface area contributed by atoms with Gasteiger partial charge >= 0.3 is 0 Å². The number of thioether (sulfide) groups is 1. The van der Waals surface area contributed by atoms with Crippen molar-refractivity contribution in [3.63, 3.8) is 0 Å². The first kappa shape index (κ1) is 24.3. The highest BCUT2D eigenvalue weighted by atomic mass is 35.5. The predicted molar refractivity (Wildman–Crippen MR) is 142 cm³/mol. The van der Waals surface area contributed by atoms with E-state index >= 15 is 0 Å². The summed E-state index contributed by atoms with van der Waals surface area (Å²) in [6.07, 6.45) is 0. The van der Waals surface area contributed by atoms with Crippen LogP contribution in [0, 0.1) is 6.92 Å². The zero-order valence-electron chi connectivity index (χ0n) is 18.0. The fourth-order valence-corrected chi connectivity index (χ4v) is 5.10. The van der Waals surface area contributed by atoms with Gasteiger partial charge in [-0.2, -0.15) is 0 Å². The minimum atomic E-state index is -0.178. The van der Waals surface area contributed by atoms with Gasteiger partial charge in [0, 0.05) is 32.1 Å². The molecule has 34 heavy (non-hydrogen) atoms. The Morgan fingerprint density at radius 1 is 1.00 bits per heavy atom. The van der Waals surface area contributed by atoms with E-state index in [0.717, 1.165) is 16.0 Å². The van der Waals surface area contributed by atoms with Crippen molar-refractivity contribution in [2.75, 3.05) is 16.4 Å². The van der Waals surface area contributed by atoms with Crippen LogP contribution in [0.5, 0.6) is 0 Å². The summed E-state index contributed by atoms with van der Waals surface area (Å²) >= 11 is 14.9. The lowest BCUT2D eigenvalue weighted by Gasteiger charge is -2.08. The summed E-state index contributed by atoms with van der Waals surface area (Å²) in [6, 6.07) is 20.0. The molecule has 4 aromatic rings. The summed E-state index contributed by atoms with van der Waals surface area (Å²) in [4.78, 5) is 30.2. The maximum absolute atomic E-state index is 12.5. The molecule has 0 radical (unpaired) electrons. The number of nitrogens with one attached hydrogen (secondary N) is 2. The maximum Gasteiger partial charge on any atom is 0.255 e. The molecule has 0 aliphatic carbocycles. The van der Waals surface area contributed by atoms with Gasteiger partial charge < -0.3 is 10.6 Å². The smallest absolute Gasteiger partial charge is 0.255 e. The summed E-state index contributed by atoms with van der Waals surface area (Å²) in [5, 5.41) is 9.09. The lowest BCUT2D eigenvalue weighted by atomic mass is 10.1. The number of halogens is 2. The highest BCUT2D eigenvalue weighted by Crippen LogP contribution is 2.32. The Morgan fingerprint density at radius 2 is 1.82 bits per heavy atom. The molecule has 0 aliphatic rings. The van der Waals surface area contributed by atoms with E-state index in [0.29, 0.717) is 32.1 Å². The Bertz CT molecular complexity index is 1360. The van der Waals surface area contributed by atoms with Gasteiger partial charge in [-0.3, -0.25) is 9.59 Å². The second kappa shape index (κ2) is 11.1. The Kier molecular flexibility index (Phi) is 7.90. The van der Waals surface area contributed by atoms with Crippen molar-refractivity contribution in [1.82, 2.24) is 4.98 Å². The van der Waals surface area contributed by atoms with Crippen LogP contribution in [0.2, 0.25) is 10.0 Å². The van der Waals surface area contributed by atoms with Crippen LogP contribution < -0.4 is 10.6 Å². The van der Waals surface area contributed by atoms with Crippen molar-refractivity contribution in [2.45, 2.75) is 11.8 Å². The Hall–Kier alpha value is -2.84. The molecule has 0 fully saturated rings. The molecule has 1 aromatic heterocycles. The third-order valence-corrected chi connectivity index (χ3v) is 7.00. The van der Waals surface area contributed by atoms with Crippen molar-refractivity contribution in [2.24, 2.45) is 0 Å². The van der Waals surface area contributed by atoms with Crippen LogP contribution >= 0.6 is 46.3 Å². The van der Waals surface area contributed by atoms with Gasteiger partial charge in [0.25, 0.3) is 5.91 Å². The fraction of sp³-hybridized carbons (Fsp3) is 0.0800. The number of aromatic nitrogens is 1. The number of nitrogens with zero attached hydrogens (tertiary/aromatic N) is 1. The molecule has 5 nitrogen and oxygen atoms in total. The lowest BCUT2D eigenvalue weighted by molar-refractivity contribution is -0.113. The fourth-order valence-electron chi connectivity index (χ4n) is 3.11. The Morgan fingerprint density at radius 3 is 2.62 bits per heavy atom. The van der Waals surface area contributed by atoms with E-state index in [1.165, 1.54) is 23.1 Å². The predicted octanol–water partition coefficient (Wildman–Crippen LogP) is 7.41. The summed E-state index contributed by atoms with van der Waals surface area (Å²) in [7, 11) is 0. The monoisotopic (exact) mass is 527 g/mol. The van der Waals surface area contributed by atoms with Crippen LogP contribution in [0.1, 0.15) is 15.9 Å². The van der Waals surface area contributed by atoms with Crippen LogP contribution in [0.4, 0.5) is 10.8 Å². The molecule has 0 unspecified atom stereocenters. The van der Waals surface area contributed by atoms with Crippen molar-refractivity contribution < 1.29 is 9.59 Å². The van der Waals surface area contributed by atoms with E-state index < -0.39 is 0 Å². The molecule has 0 atom stereocenters. The molecule has 2 amide bonds. The highest BCUT2D eigenvalue weighted by molar-refractivity contribution is 8.00. The number of carbonyl (C=O) groups excluding carboxylic acids is 2. The third kappa shape index (κ3) is 6.39. The molecule has 3 aromatic carbocycles. The van der Waals surface area contributed by atoms with Crippen LogP contribution in [0.15, 0.2) is 77.0 Å². The van der Waals surface area contributed by atoms with Gasteiger partial charge in [-0.1, -0.05) is 47.0 Å². The Balaban J connectivity index is 1.33. The SMILES string of the molecule is Cc1cccc(C(=O)Nc2cccc(SCC(=O)Nc3nc(-c4ccc(Cl)cc4Cl)cs3)c2)c1. The minimum absolute atomic E-state index is 0.177.